The Hall–Kier alpha value is -0.810. The Morgan fingerprint density at radius 1 is 1.31 bits per heavy atom. The van der Waals surface area contributed by atoms with Crippen molar-refractivity contribution < 1.29 is 9.90 Å². The lowest BCUT2D eigenvalue weighted by Gasteiger charge is -2.46. The number of aliphatic hydroxyl groups is 1. The summed E-state index contributed by atoms with van der Waals surface area (Å²) < 4.78 is 0. The van der Waals surface area contributed by atoms with Gasteiger partial charge < -0.3 is 21.1 Å². The van der Waals surface area contributed by atoms with Crippen molar-refractivity contribution in [3.05, 3.63) is 0 Å². The minimum atomic E-state index is -0.330. The van der Waals surface area contributed by atoms with Crippen LogP contribution in [0.2, 0.25) is 0 Å². The Balaban J connectivity index is 2.57. The molecule has 2 amide bonds. The average molecular weight is 229 g/mol. The molecule has 5 nitrogen and oxygen atoms in total. The third-order valence-corrected chi connectivity index (χ3v) is 2.77. The molecule has 1 aliphatic rings. The molecule has 0 bridgehead atoms. The summed E-state index contributed by atoms with van der Waals surface area (Å²) in [5, 5.41) is 17.3. The molecule has 94 valence electrons. The fraction of sp³-hybridized carbons (Fsp3) is 0.909. The third kappa shape index (κ3) is 3.98. The van der Waals surface area contributed by atoms with Gasteiger partial charge in [0.15, 0.2) is 0 Å². The fourth-order valence-electron chi connectivity index (χ4n) is 2.73. The van der Waals surface area contributed by atoms with Gasteiger partial charge in [-0.05, 0) is 40.5 Å². The Kier molecular flexibility index (Phi) is 3.80. The standard InChI is InChI=1S/C11H23N3O2/c1-10(2)5-8(6-11(3,4)14-10)13-9(16)12-7-15/h8,14-15H,5-7H2,1-4H3,(H2,12,13,16). The monoisotopic (exact) mass is 229 g/mol. The summed E-state index contributed by atoms with van der Waals surface area (Å²) in [6.45, 7) is 8.20. The quantitative estimate of drug-likeness (QED) is 0.522. The molecule has 1 rings (SSSR count). The van der Waals surface area contributed by atoms with Crippen molar-refractivity contribution >= 4 is 6.03 Å². The van der Waals surface area contributed by atoms with Crippen LogP contribution in [0.3, 0.4) is 0 Å². The van der Waals surface area contributed by atoms with Crippen molar-refractivity contribution in [2.45, 2.75) is 57.7 Å². The average Bonchev–Trinajstić information content (AvgIpc) is 1.96. The van der Waals surface area contributed by atoms with Crippen molar-refractivity contribution in [1.29, 1.82) is 0 Å². The van der Waals surface area contributed by atoms with Crippen LogP contribution in [0, 0.1) is 0 Å². The normalized spacial score (nSPS) is 23.8. The van der Waals surface area contributed by atoms with Crippen molar-refractivity contribution in [3.63, 3.8) is 0 Å². The lowest BCUT2D eigenvalue weighted by Crippen LogP contribution is -2.62. The second-order valence-corrected chi connectivity index (χ2v) is 5.81. The molecule has 1 saturated heterocycles. The highest BCUT2D eigenvalue weighted by molar-refractivity contribution is 5.74. The number of hydrogen-bond acceptors (Lipinski definition) is 3. The molecular weight excluding hydrogens is 206 g/mol. The second kappa shape index (κ2) is 4.59. The van der Waals surface area contributed by atoms with Crippen molar-refractivity contribution in [2.75, 3.05) is 6.73 Å². The van der Waals surface area contributed by atoms with Gasteiger partial charge in [-0.1, -0.05) is 0 Å². The molecule has 0 saturated carbocycles. The Labute approximate surface area is 97.0 Å². The molecule has 0 unspecified atom stereocenters. The summed E-state index contributed by atoms with van der Waals surface area (Å²) in [7, 11) is 0. The van der Waals surface area contributed by atoms with Crippen LogP contribution in [0.4, 0.5) is 4.79 Å². The maximum atomic E-state index is 11.3. The van der Waals surface area contributed by atoms with E-state index in [9.17, 15) is 4.79 Å². The van der Waals surface area contributed by atoms with Crippen molar-refractivity contribution in [2.24, 2.45) is 0 Å². The van der Waals surface area contributed by atoms with Crippen LogP contribution in [-0.2, 0) is 0 Å². The van der Waals surface area contributed by atoms with Gasteiger partial charge in [-0.3, -0.25) is 0 Å². The van der Waals surface area contributed by atoms with Gasteiger partial charge in [0.1, 0.15) is 6.73 Å². The lowest BCUT2D eigenvalue weighted by molar-refractivity contribution is 0.145. The van der Waals surface area contributed by atoms with E-state index in [0.717, 1.165) is 12.8 Å². The van der Waals surface area contributed by atoms with Gasteiger partial charge in [0.2, 0.25) is 0 Å². The Morgan fingerprint density at radius 2 is 1.81 bits per heavy atom. The summed E-state index contributed by atoms with van der Waals surface area (Å²) in [6, 6.07) is -0.168. The summed E-state index contributed by atoms with van der Waals surface area (Å²) in [5.74, 6) is 0. The SMILES string of the molecule is CC1(C)CC(NC(=O)NCO)CC(C)(C)N1. The van der Waals surface area contributed by atoms with Crippen molar-refractivity contribution in [1.82, 2.24) is 16.0 Å². The molecule has 0 radical (unpaired) electrons. The van der Waals surface area contributed by atoms with Gasteiger partial charge in [0.05, 0.1) is 0 Å². The smallest absolute Gasteiger partial charge is 0.316 e. The van der Waals surface area contributed by atoms with Crippen LogP contribution in [0.25, 0.3) is 0 Å². The van der Waals surface area contributed by atoms with E-state index in [1.54, 1.807) is 0 Å². The van der Waals surface area contributed by atoms with Crippen molar-refractivity contribution in [3.8, 4) is 0 Å². The zero-order valence-electron chi connectivity index (χ0n) is 10.6. The zero-order valence-corrected chi connectivity index (χ0v) is 10.6. The maximum absolute atomic E-state index is 11.3. The maximum Gasteiger partial charge on any atom is 0.316 e. The summed E-state index contributed by atoms with van der Waals surface area (Å²) in [4.78, 5) is 11.3. The van der Waals surface area contributed by atoms with Crippen LogP contribution in [0.1, 0.15) is 40.5 Å². The highest BCUT2D eigenvalue weighted by Gasteiger charge is 2.38. The van der Waals surface area contributed by atoms with E-state index in [2.05, 4.69) is 43.6 Å². The van der Waals surface area contributed by atoms with Crippen LogP contribution < -0.4 is 16.0 Å². The molecule has 1 aliphatic heterocycles. The third-order valence-electron chi connectivity index (χ3n) is 2.77. The van der Waals surface area contributed by atoms with Gasteiger partial charge in [0, 0.05) is 17.1 Å². The van der Waals surface area contributed by atoms with Gasteiger partial charge in [-0.25, -0.2) is 4.79 Å². The number of urea groups is 1. The molecule has 5 heteroatoms. The molecule has 0 spiro atoms. The lowest BCUT2D eigenvalue weighted by atomic mass is 9.80. The first-order chi connectivity index (χ1) is 7.24. The van der Waals surface area contributed by atoms with E-state index in [-0.39, 0.29) is 29.9 Å². The summed E-state index contributed by atoms with van der Waals surface area (Å²) in [6.07, 6.45) is 1.77. The Morgan fingerprint density at radius 3 is 2.25 bits per heavy atom. The first-order valence-electron chi connectivity index (χ1n) is 5.69. The number of carbonyl (C=O) groups excluding carboxylic acids is 1. The molecule has 1 fully saturated rings. The fourth-order valence-corrected chi connectivity index (χ4v) is 2.73. The molecule has 0 aromatic heterocycles. The Bertz CT molecular complexity index is 248. The van der Waals surface area contributed by atoms with Gasteiger partial charge in [-0.2, -0.15) is 0 Å². The van der Waals surface area contributed by atoms with E-state index < -0.39 is 0 Å². The van der Waals surface area contributed by atoms with Crippen LogP contribution in [0.5, 0.6) is 0 Å². The largest absolute Gasteiger partial charge is 0.376 e. The molecule has 0 aliphatic carbocycles. The number of hydrogen-bond donors (Lipinski definition) is 4. The number of aliphatic hydroxyl groups excluding tert-OH is 1. The van der Waals surface area contributed by atoms with Crippen LogP contribution in [0.15, 0.2) is 0 Å². The topological polar surface area (TPSA) is 73.4 Å². The minimum Gasteiger partial charge on any atom is -0.376 e. The summed E-state index contributed by atoms with van der Waals surface area (Å²) >= 11 is 0. The number of nitrogens with one attached hydrogen (secondary N) is 3. The van der Waals surface area contributed by atoms with Gasteiger partial charge >= 0.3 is 6.03 Å². The van der Waals surface area contributed by atoms with E-state index in [0.29, 0.717) is 0 Å². The first-order valence-corrected chi connectivity index (χ1v) is 5.69. The number of amides is 2. The molecule has 4 N–H and O–H groups in total. The minimum absolute atomic E-state index is 0.0128. The van der Waals surface area contributed by atoms with Crippen LogP contribution >= 0.6 is 0 Å². The van der Waals surface area contributed by atoms with Gasteiger partial charge in [0.25, 0.3) is 0 Å². The summed E-state index contributed by atoms with van der Waals surface area (Å²) in [5.41, 5.74) is 0.0256. The number of rotatable bonds is 2. The molecule has 1 heterocycles. The highest BCUT2D eigenvalue weighted by Crippen LogP contribution is 2.28. The van der Waals surface area contributed by atoms with E-state index >= 15 is 0 Å². The molecule has 0 aromatic carbocycles. The predicted molar refractivity (Wildman–Crippen MR) is 63.1 cm³/mol. The predicted octanol–water partition coefficient (Wildman–Crippen LogP) is 0.545. The van der Waals surface area contributed by atoms with E-state index in [4.69, 9.17) is 5.11 Å². The van der Waals surface area contributed by atoms with Crippen LogP contribution in [-0.4, -0.2) is 35.0 Å². The molecule has 0 atom stereocenters. The van der Waals surface area contributed by atoms with E-state index in [1.165, 1.54) is 0 Å². The van der Waals surface area contributed by atoms with Gasteiger partial charge in [-0.15, -0.1) is 0 Å². The number of carbonyl (C=O) groups is 1. The number of piperidine rings is 1. The zero-order chi connectivity index (χ0) is 12.4. The van der Waals surface area contributed by atoms with E-state index in [1.807, 2.05) is 0 Å². The molecule has 0 aromatic rings. The first kappa shape index (κ1) is 13.3. The second-order valence-electron chi connectivity index (χ2n) is 5.81. The highest BCUT2D eigenvalue weighted by atomic mass is 16.3. The molecular formula is C11H23N3O2. The molecule has 16 heavy (non-hydrogen) atoms.